The predicted molar refractivity (Wildman–Crippen MR) is 75.7 cm³/mol. The molecule has 4 heteroatoms. The Morgan fingerprint density at radius 3 is 2.56 bits per heavy atom. The Balaban J connectivity index is 2.05. The second-order valence-corrected chi connectivity index (χ2v) is 6.05. The van der Waals surface area contributed by atoms with Crippen molar-refractivity contribution in [1.29, 1.82) is 0 Å². The zero-order chi connectivity index (χ0) is 13.1. The number of hydrogen-bond acceptors (Lipinski definition) is 2. The van der Waals surface area contributed by atoms with Gasteiger partial charge in [-0.25, -0.2) is 4.39 Å². The fourth-order valence-electron chi connectivity index (χ4n) is 1.89. The zero-order valence-electron chi connectivity index (χ0n) is 10.3. The average molecular weight is 284 g/mol. The van der Waals surface area contributed by atoms with Gasteiger partial charge in [0.25, 0.3) is 0 Å². The molecule has 1 N–H and O–H groups in total. The third kappa shape index (κ3) is 3.31. The maximum absolute atomic E-state index is 13.1. The smallest absolute Gasteiger partial charge is 0.123 e. The van der Waals surface area contributed by atoms with Crippen LogP contribution in [0.4, 0.5) is 4.39 Å². The zero-order valence-corrected chi connectivity index (χ0v) is 11.9. The van der Waals surface area contributed by atoms with Gasteiger partial charge in [-0.05, 0) is 43.7 Å². The number of nitrogens with one attached hydrogen (secondary N) is 1. The normalized spacial score (nSPS) is 14.4. The fraction of sp³-hybridized carbons (Fsp3) is 0.286. The van der Waals surface area contributed by atoms with Gasteiger partial charge in [-0.15, -0.1) is 11.3 Å². The molecule has 1 aromatic carbocycles. The molecule has 0 aliphatic rings. The number of benzene rings is 1. The van der Waals surface area contributed by atoms with Crippen molar-refractivity contribution in [2.24, 2.45) is 0 Å². The molecule has 18 heavy (non-hydrogen) atoms. The van der Waals surface area contributed by atoms with Crippen molar-refractivity contribution < 1.29 is 4.39 Å². The molecular weight excluding hydrogens is 269 g/mol. The quantitative estimate of drug-likeness (QED) is 0.837. The molecule has 2 rings (SSSR count). The Morgan fingerprint density at radius 1 is 1.17 bits per heavy atom. The van der Waals surface area contributed by atoms with Crippen molar-refractivity contribution >= 4 is 22.9 Å². The molecule has 0 aliphatic carbocycles. The van der Waals surface area contributed by atoms with Gasteiger partial charge in [-0.2, -0.15) is 0 Å². The lowest BCUT2D eigenvalue weighted by Crippen LogP contribution is -2.21. The van der Waals surface area contributed by atoms with E-state index in [1.54, 1.807) is 23.5 Å². The maximum Gasteiger partial charge on any atom is 0.123 e. The fourth-order valence-corrected chi connectivity index (χ4v) is 2.96. The first-order valence-electron chi connectivity index (χ1n) is 5.83. The van der Waals surface area contributed by atoms with Crippen LogP contribution in [0.25, 0.3) is 0 Å². The molecule has 2 atom stereocenters. The van der Waals surface area contributed by atoms with Gasteiger partial charge in [0, 0.05) is 17.0 Å². The van der Waals surface area contributed by atoms with E-state index in [0.29, 0.717) is 0 Å². The summed E-state index contributed by atoms with van der Waals surface area (Å²) in [4.78, 5) is 1.18. The van der Waals surface area contributed by atoms with Crippen LogP contribution < -0.4 is 5.32 Å². The van der Waals surface area contributed by atoms with Crippen LogP contribution in [-0.4, -0.2) is 0 Å². The van der Waals surface area contributed by atoms with E-state index in [4.69, 9.17) is 11.6 Å². The molecule has 0 spiro atoms. The molecule has 2 aromatic rings. The summed E-state index contributed by atoms with van der Waals surface area (Å²) in [7, 11) is 0. The topological polar surface area (TPSA) is 12.0 Å². The van der Waals surface area contributed by atoms with Crippen molar-refractivity contribution in [2.45, 2.75) is 25.9 Å². The highest BCUT2D eigenvalue weighted by atomic mass is 35.5. The highest BCUT2D eigenvalue weighted by Crippen LogP contribution is 2.28. The molecule has 0 radical (unpaired) electrons. The summed E-state index contributed by atoms with van der Waals surface area (Å²) in [5.41, 5.74) is 0.949. The van der Waals surface area contributed by atoms with Crippen LogP contribution in [0.1, 0.15) is 36.4 Å². The van der Waals surface area contributed by atoms with Crippen LogP contribution in [0.2, 0.25) is 4.34 Å². The van der Waals surface area contributed by atoms with Crippen molar-refractivity contribution in [3.8, 4) is 0 Å². The van der Waals surface area contributed by atoms with Crippen LogP contribution in [0.3, 0.4) is 0 Å². The Bertz CT molecular complexity index is 526. The van der Waals surface area contributed by atoms with Crippen molar-refractivity contribution in [1.82, 2.24) is 5.32 Å². The summed E-state index contributed by atoms with van der Waals surface area (Å²) in [6.07, 6.45) is 0. The minimum Gasteiger partial charge on any atom is -0.303 e. The number of hydrogen-bond donors (Lipinski definition) is 1. The first-order valence-corrected chi connectivity index (χ1v) is 7.02. The van der Waals surface area contributed by atoms with Gasteiger partial charge < -0.3 is 5.32 Å². The Hall–Kier alpha value is -0.900. The van der Waals surface area contributed by atoms with Gasteiger partial charge in [0.05, 0.1) is 4.34 Å². The van der Waals surface area contributed by atoms with Crippen LogP contribution in [0.5, 0.6) is 0 Å². The number of thiophene rings is 1. The van der Waals surface area contributed by atoms with E-state index in [9.17, 15) is 4.39 Å². The van der Waals surface area contributed by atoms with E-state index in [-0.39, 0.29) is 17.9 Å². The molecule has 0 bridgehead atoms. The minimum atomic E-state index is -0.201. The molecule has 96 valence electrons. The third-order valence-electron chi connectivity index (χ3n) is 2.87. The summed E-state index contributed by atoms with van der Waals surface area (Å²) in [5, 5.41) is 3.44. The van der Waals surface area contributed by atoms with E-state index in [2.05, 4.69) is 12.2 Å². The molecule has 1 unspecified atom stereocenters. The van der Waals surface area contributed by atoms with Crippen molar-refractivity contribution in [3.05, 3.63) is 57.0 Å². The lowest BCUT2D eigenvalue weighted by molar-refractivity contribution is 0.497. The molecular formula is C14H15ClFNS. The summed E-state index contributed by atoms with van der Waals surface area (Å²) in [5.74, 6) is -0.201. The van der Waals surface area contributed by atoms with Crippen molar-refractivity contribution in [3.63, 3.8) is 0 Å². The van der Waals surface area contributed by atoms with Gasteiger partial charge in [0.2, 0.25) is 0 Å². The van der Waals surface area contributed by atoms with Gasteiger partial charge in [-0.3, -0.25) is 0 Å². The Morgan fingerprint density at radius 2 is 1.94 bits per heavy atom. The summed E-state index contributed by atoms with van der Waals surface area (Å²) < 4.78 is 13.9. The van der Waals surface area contributed by atoms with E-state index < -0.39 is 0 Å². The van der Waals surface area contributed by atoms with Gasteiger partial charge in [0.1, 0.15) is 5.82 Å². The maximum atomic E-state index is 13.1. The molecule has 1 heterocycles. The van der Waals surface area contributed by atoms with Crippen molar-refractivity contribution in [2.75, 3.05) is 0 Å². The molecule has 0 saturated carbocycles. The van der Waals surface area contributed by atoms with E-state index in [0.717, 1.165) is 9.90 Å². The minimum absolute atomic E-state index is 0.0941. The van der Waals surface area contributed by atoms with Crippen LogP contribution >= 0.6 is 22.9 Å². The molecule has 1 aromatic heterocycles. The molecule has 0 amide bonds. The second kappa shape index (κ2) is 5.83. The predicted octanol–water partition coefficient (Wildman–Crippen LogP) is 4.95. The van der Waals surface area contributed by atoms with E-state index >= 15 is 0 Å². The van der Waals surface area contributed by atoms with Crippen LogP contribution in [0.15, 0.2) is 36.4 Å². The standard InChI is InChI=1S/C14H15ClFNS/c1-9(11-4-3-5-12(16)8-11)17-10(2)13-6-7-14(15)18-13/h3-10,17H,1-2H3/t9-,10?/m1/s1. The first kappa shape index (κ1) is 13.5. The highest BCUT2D eigenvalue weighted by molar-refractivity contribution is 7.16. The third-order valence-corrected chi connectivity index (χ3v) is 4.28. The van der Waals surface area contributed by atoms with E-state index in [1.807, 2.05) is 25.1 Å². The largest absolute Gasteiger partial charge is 0.303 e. The van der Waals surface area contributed by atoms with Gasteiger partial charge >= 0.3 is 0 Å². The summed E-state index contributed by atoms with van der Waals surface area (Å²) in [6, 6.07) is 10.9. The van der Waals surface area contributed by atoms with Gasteiger partial charge in [-0.1, -0.05) is 23.7 Å². The monoisotopic (exact) mass is 283 g/mol. The summed E-state index contributed by atoms with van der Waals surface area (Å²) in [6.45, 7) is 4.11. The second-order valence-electron chi connectivity index (χ2n) is 4.31. The van der Waals surface area contributed by atoms with Crippen LogP contribution in [-0.2, 0) is 0 Å². The Kier molecular flexibility index (Phi) is 4.38. The summed E-state index contributed by atoms with van der Waals surface area (Å²) >= 11 is 7.48. The number of rotatable bonds is 4. The number of halogens is 2. The molecule has 0 saturated heterocycles. The Labute approximate surface area is 116 Å². The lowest BCUT2D eigenvalue weighted by atomic mass is 10.1. The highest BCUT2D eigenvalue weighted by Gasteiger charge is 2.13. The first-order chi connectivity index (χ1) is 8.56. The molecule has 0 aliphatic heterocycles. The molecule has 1 nitrogen and oxygen atoms in total. The SMILES string of the molecule is CC(N[C@H](C)c1cccc(F)c1)c1ccc(Cl)s1. The van der Waals surface area contributed by atoms with Gasteiger partial charge in [0.15, 0.2) is 0 Å². The average Bonchev–Trinajstić information content (AvgIpc) is 2.76. The van der Waals surface area contributed by atoms with E-state index in [1.165, 1.54) is 10.9 Å². The molecule has 0 fully saturated rings. The lowest BCUT2D eigenvalue weighted by Gasteiger charge is -2.19. The van der Waals surface area contributed by atoms with Crippen LogP contribution in [0, 0.1) is 5.82 Å².